The van der Waals surface area contributed by atoms with Crippen LogP contribution in [0.2, 0.25) is 0 Å². The van der Waals surface area contributed by atoms with Crippen molar-refractivity contribution in [2.24, 2.45) is 0 Å². The fraction of sp³-hybridized carbons (Fsp3) is 0.750. The Morgan fingerprint density at radius 1 is 0.533 bits per heavy atom. The number of hydrogen-bond acceptors (Lipinski definition) is 8. The lowest BCUT2D eigenvalue weighted by atomic mass is 10.5. The quantitative estimate of drug-likeness (QED) is 0.0934. The van der Waals surface area contributed by atoms with Crippen molar-refractivity contribution in [2.45, 2.75) is 0 Å². The molecule has 0 radical (unpaired) electrons. The van der Waals surface area contributed by atoms with Gasteiger partial charge in [-0.05, 0) is 0 Å². The molecule has 18 nitrogen and oxygen atoms in total. The van der Waals surface area contributed by atoms with Crippen LogP contribution in [0.3, 0.4) is 0 Å². The van der Waals surface area contributed by atoms with Crippen LogP contribution < -0.4 is 10.6 Å². The third kappa shape index (κ3) is 45.9. The summed E-state index contributed by atoms with van der Waals surface area (Å²) in [4.78, 5) is 83.7. The predicted octanol–water partition coefficient (Wildman–Crippen LogP) is -3.07. The summed E-state index contributed by atoms with van der Waals surface area (Å²) in [6.45, 7) is 0.683. The van der Waals surface area contributed by atoms with Gasteiger partial charge in [0.2, 0.25) is 0 Å². The highest BCUT2D eigenvalue weighted by Crippen LogP contribution is 2.52. The Morgan fingerprint density at radius 2 is 0.733 bits per heavy atom. The van der Waals surface area contributed by atoms with Crippen molar-refractivity contribution < 1.29 is 77.2 Å². The summed E-state index contributed by atoms with van der Waals surface area (Å²) in [6, 6.07) is 0. The molecule has 0 saturated carbocycles. The molecule has 0 aliphatic carbocycles. The molecule has 0 amide bonds. The molecule has 0 unspecified atom stereocenters. The van der Waals surface area contributed by atoms with Gasteiger partial charge in [-0.1, -0.05) is 0 Å². The van der Waals surface area contributed by atoms with E-state index < -0.39 is 54.1 Å². The number of carbonyl (C=O) groups is 2. The van der Waals surface area contributed by atoms with E-state index in [1.165, 1.54) is 0 Å². The van der Waals surface area contributed by atoms with E-state index in [9.17, 15) is 27.8 Å². The number of rotatable bonds is 11. The van der Waals surface area contributed by atoms with Crippen LogP contribution in [0.5, 0.6) is 0 Å². The van der Waals surface area contributed by atoms with E-state index in [-0.39, 0.29) is 13.1 Å². The molecule has 0 spiro atoms. The fourth-order valence-corrected chi connectivity index (χ4v) is 4.89. The zero-order valence-corrected chi connectivity index (χ0v) is 18.5. The molecule has 0 aliphatic heterocycles. The first-order valence-corrected chi connectivity index (χ1v) is 14.3. The summed E-state index contributed by atoms with van der Waals surface area (Å²) < 4.78 is 39.4. The van der Waals surface area contributed by atoms with Gasteiger partial charge in [-0.3, -0.25) is 27.8 Å². The van der Waals surface area contributed by atoms with Crippen LogP contribution >= 0.6 is 30.4 Å². The summed E-state index contributed by atoms with van der Waals surface area (Å²) in [5, 5.41) is 21.6. The maximum atomic E-state index is 9.96. The van der Waals surface area contributed by atoms with E-state index in [0.29, 0.717) is 13.1 Å². The van der Waals surface area contributed by atoms with Crippen molar-refractivity contribution in [1.82, 2.24) is 10.6 Å². The Bertz CT molecular complexity index is 602. The first kappa shape index (κ1) is 34.1. The normalized spacial score (nSPS) is 12.1. The largest absolute Gasteiger partial charge is 0.480 e. The van der Waals surface area contributed by atoms with Gasteiger partial charge in [0.15, 0.2) is 11.8 Å². The second-order valence-corrected chi connectivity index (χ2v) is 12.7. The maximum Gasteiger partial charge on any atom is 0.337 e. The van der Waals surface area contributed by atoms with Gasteiger partial charge >= 0.3 is 42.3 Å². The molecule has 0 saturated heterocycles. The minimum atomic E-state index is -4.55. The summed E-state index contributed by atoms with van der Waals surface area (Å²) in [5.41, 5.74) is 0. The zero-order valence-electron chi connectivity index (χ0n) is 15.0. The zero-order chi connectivity index (χ0) is 24.8. The van der Waals surface area contributed by atoms with E-state index in [2.05, 4.69) is 10.6 Å². The molecule has 22 heteroatoms. The fourth-order valence-electron chi connectivity index (χ4n) is 1.05. The van der Waals surface area contributed by atoms with Crippen LogP contribution in [-0.2, 0) is 27.8 Å². The standard InChI is InChI=1S/C6H12N2O4.2CH6O6P2/c9-5(10)3-7-1-2-8-4-6(11)12;2*2-8(3,4)1-9(5,6)7/h7-8H,1-4H2,(H,9,10)(H,11,12);2*1H2,(H2,2,3,4)(H2,5,6,7). The number of aliphatic carboxylic acids is 2. The van der Waals surface area contributed by atoms with Gasteiger partial charge in [-0.15, -0.1) is 0 Å². The number of nitrogens with one attached hydrogen (secondary N) is 2. The molecule has 0 heterocycles. The molecule has 0 aromatic rings. The van der Waals surface area contributed by atoms with Crippen molar-refractivity contribution in [1.29, 1.82) is 0 Å². The monoisotopic (exact) mass is 528 g/mol. The van der Waals surface area contributed by atoms with E-state index in [1.807, 2.05) is 0 Å². The van der Waals surface area contributed by atoms with Gasteiger partial charge in [0.05, 0.1) is 13.1 Å². The molecule has 12 N–H and O–H groups in total. The lowest BCUT2D eigenvalue weighted by molar-refractivity contribution is -0.137. The van der Waals surface area contributed by atoms with Crippen LogP contribution in [0.1, 0.15) is 0 Å². The van der Waals surface area contributed by atoms with Crippen molar-refractivity contribution in [3.05, 3.63) is 0 Å². The van der Waals surface area contributed by atoms with E-state index in [1.54, 1.807) is 0 Å². The van der Waals surface area contributed by atoms with Gasteiger partial charge in [0.1, 0.15) is 0 Å². The van der Waals surface area contributed by atoms with Crippen LogP contribution in [0.15, 0.2) is 0 Å². The SMILES string of the molecule is O=C(O)CNCCNCC(=O)O.O=P(O)(O)CP(=O)(O)O.O=P(O)(O)CP(=O)(O)O. The highest BCUT2D eigenvalue weighted by Gasteiger charge is 2.27. The minimum Gasteiger partial charge on any atom is -0.480 e. The van der Waals surface area contributed by atoms with Crippen molar-refractivity contribution in [2.75, 3.05) is 38.0 Å². The van der Waals surface area contributed by atoms with Gasteiger partial charge in [0, 0.05) is 13.1 Å². The lowest BCUT2D eigenvalue weighted by Crippen LogP contribution is -2.33. The average Bonchev–Trinajstić information content (AvgIpc) is 2.34. The second kappa shape index (κ2) is 15.3. The van der Waals surface area contributed by atoms with Crippen LogP contribution in [0, 0.1) is 0 Å². The summed E-state index contributed by atoms with van der Waals surface area (Å²) >= 11 is 0. The minimum absolute atomic E-state index is 0.102. The molecule has 182 valence electrons. The van der Waals surface area contributed by atoms with Gasteiger partial charge in [-0.25, -0.2) is 0 Å². The van der Waals surface area contributed by atoms with E-state index in [0.717, 1.165) is 0 Å². The Kier molecular flexibility index (Phi) is 17.4. The second-order valence-electron chi connectivity index (χ2n) is 5.08. The molecule has 0 aromatic heterocycles. The third-order valence-corrected chi connectivity index (χ3v) is 7.66. The molecule has 30 heavy (non-hydrogen) atoms. The van der Waals surface area contributed by atoms with Gasteiger partial charge in [-0.2, -0.15) is 0 Å². The Labute approximate surface area is 169 Å². The van der Waals surface area contributed by atoms with Crippen LogP contribution in [0.25, 0.3) is 0 Å². The smallest absolute Gasteiger partial charge is 0.337 e. The Morgan fingerprint density at radius 3 is 0.833 bits per heavy atom. The highest BCUT2D eigenvalue weighted by molar-refractivity contribution is 7.69. The van der Waals surface area contributed by atoms with E-state index >= 15 is 0 Å². The molecule has 0 fully saturated rings. The van der Waals surface area contributed by atoms with Gasteiger partial charge in [0.25, 0.3) is 0 Å². The molecule has 0 bridgehead atoms. The highest BCUT2D eigenvalue weighted by atomic mass is 31.2. The molecule has 0 aliphatic rings. The summed E-state index contributed by atoms with van der Waals surface area (Å²) in [5.74, 6) is -4.60. The molecular weight excluding hydrogens is 504 g/mol. The van der Waals surface area contributed by atoms with Crippen LogP contribution in [0.4, 0.5) is 0 Å². The molecule has 0 rings (SSSR count). The molecule has 0 atom stereocenters. The topological polar surface area (TPSA) is 329 Å². The third-order valence-electron chi connectivity index (χ3n) is 1.77. The Balaban J connectivity index is -0.000000371. The first-order valence-electron chi connectivity index (χ1n) is 7.07. The summed E-state index contributed by atoms with van der Waals surface area (Å²) in [6.07, 6.45) is 0. The van der Waals surface area contributed by atoms with Gasteiger partial charge < -0.3 is 60.0 Å². The van der Waals surface area contributed by atoms with Crippen molar-refractivity contribution in [3.63, 3.8) is 0 Å². The number of carboxylic acid groups (broad SMARTS) is 2. The number of hydrogen-bond donors (Lipinski definition) is 12. The molecule has 0 aromatic carbocycles. The first-order chi connectivity index (χ1) is 13.0. The Hall–Kier alpha value is -0.540. The number of carboxylic acids is 2. The maximum absolute atomic E-state index is 9.96. The van der Waals surface area contributed by atoms with Crippen molar-refractivity contribution >= 4 is 42.3 Å². The summed E-state index contributed by atoms with van der Waals surface area (Å²) in [7, 11) is -18.2. The average molecular weight is 528 g/mol. The molecular formula is C8H24N2O16P4. The lowest BCUT2D eigenvalue weighted by Gasteiger charge is -2.03. The van der Waals surface area contributed by atoms with E-state index in [4.69, 9.17) is 49.4 Å². The van der Waals surface area contributed by atoms with Crippen molar-refractivity contribution in [3.8, 4) is 0 Å². The predicted molar refractivity (Wildman–Crippen MR) is 98.9 cm³/mol. The van der Waals surface area contributed by atoms with Crippen LogP contribution in [-0.4, -0.2) is 99.3 Å².